The maximum atomic E-state index is 13.6. The van der Waals surface area contributed by atoms with Crippen LogP contribution in [0.15, 0.2) is 36.7 Å². The van der Waals surface area contributed by atoms with Gasteiger partial charge in [-0.15, -0.1) is 0 Å². The van der Waals surface area contributed by atoms with Gasteiger partial charge in [0.25, 0.3) is 0 Å². The minimum absolute atomic E-state index is 0.0165. The van der Waals surface area contributed by atoms with Crippen LogP contribution in [0.25, 0.3) is 10.9 Å². The molecule has 38 heavy (non-hydrogen) atoms. The van der Waals surface area contributed by atoms with E-state index in [9.17, 15) is 9.18 Å². The number of hydrogen-bond donors (Lipinski definition) is 1. The third-order valence-electron chi connectivity index (χ3n) is 7.12. The summed E-state index contributed by atoms with van der Waals surface area (Å²) in [5, 5.41) is 3.93. The van der Waals surface area contributed by atoms with E-state index in [2.05, 4.69) is 27.1 Å². The minimum Gasteiger partial charge on any atom is -0.493 e. The molecule has 1 spiro atoms. The number of likely N-dealkylation sites (N-methyl/N-ethyl adjacent to an activating group) is 1. The second-order valence-corrected chi connectivity index (χ2v) is 10.2. The summed E-state index contributed by atoms with van der Waals surface area (Å²) >= 11 is 5.96. The summed E-state index contributed by atoms with van der Waals surface area (Å²) in [4.78, 5) is 25.1. The summed E-state index contributed by atoms with van der Waals surface area (Å²) in [6, 6.07) is 8.06. The van der Waals surface area contributed by atoms with Gasteiger partial charge in [0.15, 0.2) is 17.7 Å². The molecular weight excluding hydrogens is 513 g/mol. The Kier molecular flexibility index (Phi) is 7.56. The highest BCUT2D eigenvalue weighted by Gasteiger charge is 2.43. The first-order valence-electron chi connectivity index (χ1n) is 12.6. The minimum atomic E-state index is -0.493. The first kappa shape index (κ1) is 26.4. The number of carbonyl (C=O) groups is 1. The number of ether oxygens (including phenoxy) is 3. The van der Waals surface area contributed by atoms with Crippen LogP contribution in [0.2, 0.25) is 5.02 Å². The van der Waals surface area contributed by atoms with Crippen LogP contribution in [-0.2, 0) is 9.53 Å². The van der Waals surface area contributed by atoms with Gasteiger partial charge in [-0.1, -0.05) is 18.5 Å². The number of morpholine rings is 1. The molecule has 1 N–H and O–H groups in total. The van der Waals surface area contributed by atoms with Crippen molar-refractivity contribution in [3.63, 3.8) is 0 Å². The summed E-state index contributed by atoms with van der Waals surface area (Å²) < 4.78 is 31.6. The quantitative estimate of drug-likeness (QED) is 0.429. The predicted octanol–water partition coefficient (Wildman–Crippen LogP) is 4.61. The Morgan fingerprint density at radius 3 is 2.68 bits per heavy atom. The van der Waals surface area contributed by atoms with E-state index >= 15 is 0 Å². The molecule has 5 rings (SSSR count). The van der Waals surface area contributed by atoms with Crippen LogP contribution in [0.3, 0.4) is 0 Å². The molecule has 0 radical (unpaired) electrons. The predicted molar refractivity (Wildman–Crippen MR) is 143 cm³/mol. The summed E-state index contributed by atoms with van der Waals surface area (Å²) in [7, 11) is 3.55. The topological polar surface area (TPSA) is 89.0 Å². The Labute approximate surface area is 225 Å². The number of aromatic nitrogens is 2. The lowest BCUT2D eigenvalue weighted by Gasteiger charge is -2.47. The molecule has 1 unspecified atom stereocenters. The first-order chi connectivity index (χ1) is 18.3. The van der Waals surface area contributed by atoms with Gasteiger partial charge in [-0.3, -0.25) is 14.6 Å². The Hall–Kier alpha value is -3.21. The molecule has 2 aromatic carbocycles. The zero-order valence-electron chi connectivity index (χ0n) is 21.7. The number of nitrogens with zero attached hydrogens (tertiary/aromatic N) is 4. The standard InChI is InChI=1S/C27H31ClFN5O4/c1-4-24(34-9-7-27(8-10-34)15-33(2)14-25(35)38-27)37-23-12-18-21(13-22(23)36-3)30-16-31-26(18)32-17-5-6-20(29)19(28)11-17/h5-6,11-13,16,24H,4,7-10,14-15H2,1-3H3,(H,30,31,32). The molecular formula is C27H31ClFN5O4. The summed E-state index contributed by atoms with van der Waals surface area (Å²) in [5.74, 6) is 0.994. The lowest BCUT2D eigenvalue weighted by Crippen LogP contribution is -2.59. The van der Waals surface area contributed by atoms with E-state index in [0.29, 0.717) is 40.5 Å². The Morgan fingerprint density at radius 2 is 2.00 bits per heavy atom. The van der Waals surface area contributed by atoms with E-state index in [1.165, 1.54) is 18.5 Å². The van der Waals surface area contributed by atoms with Gasteiger partial charge in [0.2, 0.25) is 0 Å². The SMILES string of the molecule is CCC(Oc1cc2c(Nc3ccc(F)c(Cl)c3)ncnc2cc1OC)N1CCC2(CC1)CN(C)CC(=O)O2. The monoisotopic (exact) mass is 543 g/mol. The number of fused-ring (bicyclic) bond motifs is 1. The Bertz CT molecular complexity index is 1330. The molecule has 0 aliphatic carbocycles. The average molecular weight is 544 g/mol. The molecule has 3 aromatic rings. The second kappa shape index (κ2) is 10.9. The summed E-state index contributed by atoms with van der Waals surface area (Å²) in [6.45, 7) is 4.65. The van der Waals surface area contributed by atoms with Crippen molar-refractivity contribution in [3.05, 3.63) is 47.5 Å². The van der Waals surface area contributed by atoms with Gasteiger partial charge in [-0.05, 0) is 37.7 Å². The zero-order chi connectivity index (χ0) is 26.9. The van der Waals surface area contributed by atoms with E-state index in [1.54, 1.807) is 13.2 Å². The van der Waals surface area contributed by atoms with E-state index in [0.717, 1.165) is 38.9 Å². The van der Waals surface area contributed by atoms with Crippen LogP contribution in [0.1, 0.15) is 26.2 Å². The first-order valence-corrected chi connectivity index (χ1v) is 13.0. The zero-order valence-corrected chi connectivity index (χ0v) is 22.4. The van der Waals surface area contributed by atoms with Crippen LogP contribution in [0.5, 0.6) is 11.5 Å². The number of likely N-dealkylation sites (tertiary alicyclic amines) is 1. The highest BCUT2D eigenvalue weighted by atomic mass is 35.5. The molecule has 202 valence electrons. The van der Waals surface area contributed by atoms with E-state index in [-0.39, 0.29) is 17.2 Å². The number of esters is 1. The van der Waals surface area contributed by atoms with Crippen molar-refractivity contribution in [2.45, 2.75) is 38.0 Å². The van der Waals surface area contributed by atoms with Crippen molar-refractivity contribution in [2.24, 2.45) is 0 Å². The maximum Gasteiger partial charge on any atom is 0.320 e. The number of methoxy groups -OCH3 is 1. The molecule has 0 amide bonds. The van der Waals surface area contributed by atoms with Gasteiger partial charge in [0.1, 0.15) is 23.6 Å². The lowest BCUT2D eigenvalue weighted by atomic mass is 9.89. The van der Waals surface area contributed by atoms with Gasteiger partial charge in [-0.25, -0.2) is 14.4 Å². The molecule has 1 atom stereocenters. The molecule has 2 saturated heterocycles. The summed E-state index contributed by atoms with van der Waals surface area (Å²) in [5.41, 5.74) is 0.828. The van der Waals surface area contributed by atoms with Crippen molar-refractivity contribution < 1.29 is 23.4 Å². The smallest absolute Gasteiger partial charge is 0.320 e. The third kappa shape index (κ3) is 5.48. The van der Waals surface area contributed by atoms with Crippen LogP contribution >= 0.6 is 11.6 Å². The van der Waals surface area contributed by atoms with E-state index in [1.807, 2.05) is 24.1 Å². The average Bonchev–Trinajstić information content (AvgIpc) is 2.89. The maximum absolute atomic E-state index is 13.6. The number of rotatable bonds is 7. The Balaban J connectivity index is 1.37. The molecule has 2 aliphatic rings. The second-order valence-electron chi connectivity index (χ2n) is 9.84. The number of carbonyl (C=O) groups excluding carboxylic acids is 1. The highest BCUT2D eigenvalue weighted by Crippen LogP contribution is 2.37. The fourth-order valence-corrected chi connectivity index (χ4v) is 5.42. The van der Waals surface area contributed by atoms with Crippen molar-refractivity contribution >= 4 is 40.0 Å². The molecule has 9 nitrogen and oxygen atoms in total. The molecule has 2 fully saturated rings. The molecule has 11 heteroatoms. The van der Waals surface area contributed by atoms with Gasteiger partial charge in [0, 0.05) is 49.6 Å². The fourth-order valence-electron chi connectivity index (χ4n) is 5.24. The molecule has 0 saturated carbocycles. The van der Waals surface area contributed by atoms with Crippen molar-refractivity contribution in [2.75, 3.05) is 45.7 Å². The van der Waals surface area contributed by atoms with Gasteiger partial charge < -0.3 is 19.5 Å². The van der Waals surface area contributed by atoms with Crippen LogP contribution in [-0.4, -0.2) is 77.9 Å². The van der Waals surface area contributed by atoms with Crippen LogP contribution in [0, 0.1) is 5.82 Å². The highest BCUT2D eigenvalue weighted by molar-refractivity contribution is 6.31. The van der Waals surface area contributed by atoms with E-state index in [4.69, 9.17) is 25.8 Å². The van der Waals surface area contributed by atoms with Gasteiger partial charge in [-0.2, -0.15) is 0 Å². The normalized spacial score (nSPS) is 18.8. The largest absolute Gasteiger partial charge is 0.493 e. The van der Waals surface area contributed by atoms with E-state index < -0.39 is 11.4 Å². The molecule has 3 heterocycles. The lowest BCUT2D eigenvalue weighted by molar-refractivity contribution is -0.182. The molecule has 0 bridgehead atoms. The third-order valence-corrected chi connectivity index (χ3v) is 7.41. The number of hydrogen-bond acceptors (Lipinski definition) is 9. The van der Waals surface area contributed by atoms with Crippen molar-refractivity contribution in [3.8, 4) is 11.5 Å². The van der Waals surface area contributed by atoms with Crippen LogP contribution in [0.4, 0.5) is 15.9 Å². The molecule has 2 aliphatic heterocycles. The van der Waals surface area contributed by atoms with Gasteiger partial charge >= 0.3 is 5.97 Å². The molecule has 1 aromatic heterocycles. The van der Waals surface area contributed by atoms with Crippen LogP contribution < -0.4 is 14.8 Å². The number of benzene rings is 2. The van der Waals surface area contributed by atoms with Crippen molar-refractivity contribution in [1.82, 2.24) is 19.8 Å². The fraction of sp³-hybridized carbons (Fsp3) is 0.444. The number of piperidine rings is 1. The number of halogens is 2. The number of nitrogens with one attached hydrogen (secondary N) is 1. The Morgan fingerprint density at radius 1 is 1.21 bits per heavy atom. The summed E-state index contributed by atoms with van der Waals surface area (Å²) in [6.07, 6.45) is 3.50. The van der Waals surface area contributed by atoms with Gasteiger partial charge in [0.05, 0.1) is 24.2 Å². The number of anilines is 2. The van der Waals surface area contributed by atoms with Crippen molar-refractivity contribution in [1.29, 1.82) is 0 Å².